The Balaban J connectivity index is 2.85. The van der Waals surface area contributed by atoms with Crippen LogP contribution in [-0.4, -0.2) is 17.1 Å². The summed E-state index contributed by atoms with van der Waals surface area (Å²) in [4.78, 5) is 11.0. The van der Waals surface area contributed by atoms with Crippen LogP contribution in [-0.2, 0) is 17.5 Å². The summed E-state index contributed by atoms with van der Waals surface area (Å²) in [6.07, 6.45) is -2.91. The molecule has 3 nitrogen and oxygen atoms in total. The summed E-state index contributed by atoms with van der Waals surface area (Å²) >= 11 is 0. The molecule has 7 heteroatoms. The van der Waals surface area contributed by atoms with Gasteiger partial charge in [0.25, 0.3) is 0 Å². The van der Waals surface area contributed by atoms with Crippen molar-refractivity contribution in [2.24, 2.45) is 0 Å². The van der Waals surface area contributed by atoms with Crippen molar-refractivity contribution < 1.29 is 27.5 Å². The molecule has 0 amide bonds. The van der Waals surface area contributed by atoms with Crippen LogP contribution in [0.4, 0.5) is 17.6 Å². The zero-order chi connectivity index (χ0) is 16.0. The molecule has 0 saturated carbocycles. The highest BCUT2D eigenvalue weighted by atomic mass is 19.4. The minimum atomic E-state index is -4.68. The number of nitrogens with one attached hydrogen (secondary N) is 1. The van der Waals surface area contributed by atoms with Crippen LogP contribution in [0.1, 0.15) is 37.3 Å². The van der Waals surface area contributed by atoms with Gasteiger partial charge in [-0.1, -0.05) is 25.8 Å². The fourth-order valence-corrected chi connectivity index (χ4v) is 1.92. The van der Waals surface area contributed by atoms with E-state index >= 15 is 0 Å². The summed E-state index contributed by atoms with van der Waals surface area (Å²) in [5.74, 6) is -2.09. The summed E-state index contributed by atoms with van der Waals surface area (Å²) in [5, 5.41) is 11.6. The van der Waals surface area contributed by atoms with Crippen molar-refractivity contribution in [3.63, 3.8) is 0 Å². The zero-order valence-electron chi connectivity index (χ0n) is 11.5. The van der Waals surface area contributed by atoms with E-state index in [4.69, 9.17) is 5.11 Å². The van der Waals surface area contributed by atoms with Crippen LogP contribution in [0.3, 0.4) is 0 Å². The van der Waals surface area contributed by atoms with E-state index < -0.39 is 29.6 Å². The third-order valence-corrected chi connectivity index (χ3v) is 3.06. The first-order valence-electron chi connectivity index (χ1n) is 6.57. The molecule has 0 fully saturated rings. The van der Waals surface area contributed by atoms with E-state index in [0.717, 1.165) is 18.6 Å². The van der Waals surface area contributed by atoms with Crippen LogP contribution in [0.25, 0.3) is 0 Å². The average Bonchev–Trinajstić information content (AvgIpc) is 2.38. The number of aliphatic carboxylic acids is 1. The molecule has 1 aromatic rings. The van der Waals surface area contributed by atoms with Crippen LogP contribution in [0, 0.1) is 5.82 Å². The Morgan fingerprint density at radius 1 is 1.38 bits per heavy atom. The second kappa shape index (κ2) is 7.40. The fourth-order valence-electron chi connectivity index (χ4n) is 1.92. The third kappa shape index (κ3) is 5.34. The molecule has 0 saturated heterocycles. The molecule has 0 bridgehead atoms. The van der Waals surface area contributed by atoms with Gasteiger partial charge in [0, 0.05) is 6.54 Å². The number of rotatable bonds is 7. The topological polar surface area (TPSA) is 49.3 Å². The predicted octanol–water partition coefficient (Wildman–Crippen LogP) is 3.58. The molecule has 21 heavy (non-hydrogen) atoms. The maximum Gasteiger partial charge on any atom is 0.416 e. The number of unbranched alkanes of at least 4 members (excludes halogenated alkanes) is 1. The standard InChI is InChI=1S/C14H17F4NO2/c1-2-3-4-12(13(20)21)19-8-9-5-6-10(15)7-11(9)14(16,17)18/h5-7,12,19H,2-4,8H2,1H3,(H,20,21)/t12-/m0/s1. The van der Waals surface area contributed by atoms with E-state index in [2.05, 4.69) is 5.32 Å². The maximum atomic E-state index is 13.0. The molecule has 0 aromatic heterocycles. The molecule has 0 unspecified atom stereocenters. The number of carboxylic acid groups (broad SMARTS) is 1. The van der Waals surface area contributed by atoms with E-state index in [-0.39, 0.29) is 12.1 Å². The first-order chi connectivity index (χ1) is 9.75. The highest BCUT2D eigenvalue weighted by molar-refractivity contribution is 5.73. The summed E-state index contributed by atoms with van der Waals surface area (Å²) in [6, 6.07) is 1.44. The van der Waals surface area contributed by atoms with Crippen molar-refractivity contribution in [2.75, 3.05) is 0 Å². The van der Waals surface area contributed by atoms with Gasteiger partial charge in [0.1, 0.15) is 11.9 Å². The monoisotopic (exact) mass is 307 g/mol. The molecule has 1 atom stereocenters. The number of hydrogen-bond donors (Lipinski definition) is 2. The largest absolute Gasteiger partial charge is 0.480 e. The lowest BCUT2D eigenvalue weighted by atomic mass is 10.1. The number of hydrogen-bond acceptors (Lipinski definition) is 2. The Hall–Kier alpha value is -1.63. The van der Waals surface area contributed by atoms with Gasteiger partial charge in [0.2, 0.25) is 0 Å². The lowest BCUT2D eigenvalue weighted by Crippen LogP contribution is -2.36. The molecule has 1 aromatic carbocycles. The van der Waals surface area contributed by atoms with E-state index in [1.54, 1.807) is 0 Å². The molecule has 0 radical (unpaired) electrons. The maximum absolute atomic E-state index is 13.0. The van der Waals surface area contributed by atoms with Gasteiger partial charge in [0.05, 0.1) is 5.56 Å². The second-order valence-corrected chi connectivity index (χ2v) is 4.71. The van der Waals surface area contributed by atoms with Crippen LogP contribution in [0.15, 0.2) is 18.2 Å². The summed E-state index contributed by atoms with van der Waals surface area (Å²) in [7, 11) is 0. The lowest BCUT2D eigenvalue weighted by Gasteiger charge is -2.17. The zero-order valence-corrected chi connectivity index (χ0v) is 11.5. The van der Waals surface area contributed by atoms with Crippen LogP contribution < -0.4 is 5.32 Å². The second-order valence-electron chi connectivity index (χ2n) is 4.71. The summed E-state index contributed by atoms with van der Waals surface area (Å²) < 4.78 is 51.4. The molecule has 0 heterocycles. The number of halogens is 4. The Morgan fingerprint density at radius 2 is 2.05 bits per heavy atom. The van der Waals surface area contributed by atoms with Crippen LogP contribution in [0.2, 0.25) is 0 Å². The SMILES string of the molecule is CCCC[C@H](NCc1ccc(F)cc1C(F)(F)F)C(=O)O. The first kappa shape index (κ1) is 17.4. The van der Waals surface area contributed by atoms with Crippen molar-refractivity contribution in [3.8, 4) is 0 Å². The Labute approximate surface area is 120 Å². The average molecular weight is 307 g/mol. The lowest BCUT2D eigenvalue weighted by molar-refractivity contribution is -0.139. The molecule has 118 valence electrons. The molecule has 1 rings (SSSR count). The minimum Gasteiger partial charge on any atom is -0.480 e. The van der Waals surface area contributed by atoms with Crippen molar-refractivity contribution in [1.82, 2.24) is 5.32 Å². The number of alkyl halides is 3. The van der Waals surface area contributed by atoms with Crippen molar-refractivity contribution in [2.45, 2.75) is 44.9 Å². The van der Waals surface area contributed by atoms with Gasteiger partial charge in [-0.25, -0.2) is 4.39 Å². The Bertz CT molecular complexity index is 488. The van der Waals surface area contributed by atoms with Crippen molar-refractivity contribution in [3.05, 3.63) is 35.1 Å². The van der Waals surface area contributed by atoms with E-state index in [1.807, 2.05) is 6.92 Å². The fraction of sp³-hybridized carbons (Fsp3) is 0.500. The minimum absolute atomic E-state index is 0.174. The van der Waals surface area contributed by atoms with Gasteiger partial charge in [-0.15, -0.1) is 0 Å². The third-order valence-electron chi connectivity index (χ3n) is 3.06. The highest BCUT2D eigenvalue weighted by Gasteiger charge is 2.33. The molecular weight excluding hydrogens is 290 g/mol. The molecule has 0 aliphatic heterocycles. The Kier molecular flexibility index (Phi) is 6.14. The van der Waals surface area contributed by atoms with Crippen LogP contribution in [0.5, 0.6) is 0 Å². The van der Waals surface area contributed by atoms with Gasteiger partial charge in [-0.3, -0.25) is 4.79 Å². The molecule has 0 aliphatic rings. The van der Waals surface area contributed by atoms with Gasteiger partial charge in [0.15, 0.2) is 0 Å². The molecular formula is C14H17F4NO2. The van der Waals surface area contributed by atoms with Crippen molar-refractivity contribution in [1.29, 1.82) is 0 Å². The van der Waals surface area contributed by atoms with E-state index in [9.17, 15) is 22.4 Å². The number of benzene rings is 1. The van der Waals surface area contributed by atoms with Gasteiger partial charge >= 0.3 is 12.1 Å². The summed E-state index contributed by atoms with van der Waals surface area (Å²) in [5.41, 5.74) is -1.26. The highest BCUT2D eigenvalue weighted by Crippen LogP contribution is 2.32. The quantitative estimate of drug-likeness (QED) is 0.757. The number of carbonyl (C=O) groups is 1. The van der Waals surface area contributed by atoms with Gasteiger partial charge < -0.3 is 10.4 Å². The first-order valence-corrected chi connectivity index (χ1v) is 6.57. The smallest absolute Gasteiger partial charge is 0.416 e. The normalized spacial score (nSPS) is 13.2. The van der Waals surface area contributed by atoms with Gasteiger partial charge in [-0.2, -0.15) is 13.2 Å². The predicted molar refractivity (Wildman–Crippen MR) is 69.2 cm³/mol. The van der Waals surface area contributed by atoms with E-state index in [1.165, 1.54) is 0 Å². The van der Waals surface area contributed by atoms with Crippen molar-refractivity contribution >= 4 is 5.97 Å². The van der Waals surface area contributed by atoms with Crippen LogP contribution >= 0.6 is 0 Å². The number of carboxylic acids is 1. The van der Waals surface area contributed by atoms with E-state index in [0.29, 0.717) is 18.9 Å². The molecule has 0 spiro atoms. The molecule has 2 N–H and O–H groups in total. The van der Waals surface area contributed by atoms with Gasteiger partial charge in [-0.05, 0) is 24.1 Å². The summed E-state index contributed by atoms with van der Waals surface area (Å²) in [6.45, 7) is 1.61. The Morgan fingerprint density at radius 3 is 2.57 bits per heavy atom. The molecule has 0 aliphatic carbocycles.